The van der Waals surface area contributed by atoms with E-state index in [1.165, 1.54) is 6.33 Å². The van der Waals surface area contributed by atoms with Gasteiger partial charge in [-0.05, 0) is 12.8 Å². The average molecular weight is 260 g/mol. The highest BCUT2D eigenvalue weighted by Gasteiger charge is 2.28. The number of hydrogen-bond donors (Lipinski definition) is 2. The van der Waals surface area contributed by atoms with Gasteiger partial charge < -0.3 is 20.1 Å². The van der Waals surface area contributed by atoms with E-state index in [0.717, 1.165) is 29.4 Å². The van der Waals surface area contributed by atoms with Crippen LogP contribution in [-0.2, 0) is 4.74 Å². The molecule has 2 aromatic heterocycles. The molecule has 19 heavy (non-hydrogen) atoms. The average Bonchev–Trinajstić information content (AvgIpc) is 3.02. The maximum atomic E-state index is 9.14. The number of aliphatic hydroxyl groups is 1. The van der Waals surface area contributed by atoms with Crippen LogP contribution in [0.2, 0.25) is 0 Å². The summed E-state index contributed by atoms with van der Waals surface area (Å²) in [4.78, 5) is 8.30. The molecule has 100 valence electrons. The summed E-state index contributed by atoms with van der Waals surface area (Å²) in [5, 5.41) is 9.94. The monoisotopic (exact) mass is 260 g/mol. The highest BCUT2D eigenvalue weighted by Crippen LogP contribution is 2.33. The van der Waals surface area contributed by atoms with Gasteiger partial charge in [0, 0.05) is 11.8 Å². The quantitative estimate of drug-likeness (QED) is 0.869. The minimum absolute atomic E-state index is 0.0428. The van der Waals surface area contributed by atoms with E-state index in [4.69, 9.17) is 15.6 Å². The summed E-state index contributed by atoms with van der Waals surface area (Å²) >= 11 is 0. The van der Waals surface area contributed by atoms with Gasteiger partial charge in [0.2, 0.25) is 0 Å². The molecule has 2 atom stereocenters. The molecule has 2 aromatic rings. The minimum Gasteiger partial charge on any atom is -0.394 e. The number of rotatable bonds is 3. The van der Waals surface area contributed by atoms with E-state index < -0.39 is 0 Å². The van der Waals surface area contributed by atoms with E-state index in [1.54, 1.807) is 6.08 Å². The van der Waals surface area contributed by atoms with Crippen molar-refractivity contribution in [2.45, 2.75) is 25.2 Å². The number of ether oxygens (including phenoxy) is 1. The van der Waals surface area contributed by atoms with Gasteiger partial charge in [-0.3, -0.25) is 0 Å². The fraction of sp³-hybridized carbons (Fsp3) is 0.385. The van der Waals surface area contributed by atoms with Gasteiger partial charge in [0.05, 0.1) is 18.1 Å². The normalized spacial score (nSPS) is 23.0. The summed E-state index contributed by atoms with van der Waals surface area (Å²) < 4.78 is 7.72. The highest BCUT2D eigenvalue weighted by atomic mass is 16.5. The number of aromatic nitrogens is 3. The molecule has 1 saturated heterocycles. The summed E-state index contributed by atoms with van der Waals surface area (Å²) in [6, 6.07) is 0. The lowest BCUT2D eigenvalue weighted by Gasteiger charge is -2.14. The van der Waals surface area contributed by atoms with Crippen LogP contribution in [0, 0.1) is 0 Å². The third kappa shape index (κ3) is 1.89. The number of fused-ring (bicyclic) bond motifs is 1. The van der Waals surface area contributed by atoms with Gasteiger partial charge in [-0.15, -0.1) is 0 Å². The number of nitrogens with two attached hydrogens (primary N) is 1. The SMILES string of the molecule is C=Cc1cn(C2CCC(CO)O2)c2ncnc(N)c12. The first-order valence-electron chi connectivity index (χ1n) is 6.24. The van der Waals surface area contributed by atoms with Gasteiger partial charge >= 0.3 is 0 Å². The van der Waals surface area contributed by atoms with Crippen molar-refractivity contribution in [2.75, 3.05) is 12.3 Å². The Morgan fingerprint density at radius 3 is 3.05 bits per heavy atom. The third-order valence-corrected chi connectivity index (χ3v) is 3.49. The second kappa shape index (κ2) is 4.64. The summed E-state index contributed by atoms with van der Waals surface area (Å²) in [7, 11) is 0. The largest absolute Gasteiger partial charge is 0.394 e. The van der Waals surface area contributed by atoms with Crippen molar-refractivity contribution in [3.05, 3.63) is 24.7 Å². The summed E-state index contributed by atoms with van der Waals surface area (Å²) in [6.07, 6.45) is 6.56. The molecule has 1 aliphatic rings. The summed E-state index contributed by atoms with van der Waals surface area (Å²) in [5.74, 6) is 0.440. The predicted octanol–water partition coefficient (Wildman–Crippen LogP) is 1.33. The number of anilines is 1. The van der Waals surface area contributed by atoms with Gasteiger partial charge in [0.1, 0.15) is 24.0 Å². The fourth-order valence-electron chi connectivity index (χ4n) is 2.54. The van der Waals surface area contributed by atoms with Crippen molar-refractivity contribution in [2.24, 2.45) is 0 Å². The van der Waals surface area contributed by atoms with Crippen LogP contribution in [-0.4, -0.2) is 32.4 Å². The van der Waals surface area contributed by atoms with Crippen LogP contribution in [0.15, 0.2) is 19.1 Å². The first-order chi connectivity index (χ1) is 9.24. The van der Waals surface area contributed by atoms with E-state index in [-0.39, 0.29) is 18.9 Å². The maximum absolute atomic E-state index is 9.14. The first-order valence-corrected chi connectivity index (χ1v) is 6.24. The van der Waals surface area contributed by atoms with Crippen molar-refractivity contribution >= 4 is 22.9 Å². The van der Waals surface area contributed by atoms with Gasteiger partial charge in [-0.2, -0.15) is 0 Å². The molecule has 1 fully saturated rings. The zero-order valence-electron chi connectivity index (χ0n) is 10.5. The zero-order valence-corrected chi connectivity index (χ0v) is 10.5. The molecule has 0 bridgehead atoms. The highest BCUT2D eigenvalue weighted by molar-refractivity contribution is 5.94. The molecule has 0 aromatic carbocycles. The lowest BCUT2D eigenvalue weighted by Crippen LogP contribution is -2.14. The third-order valence-electron chi connectivity index (χ3n) is 3.49. The standard InChI is InChI=1S/C13H16N4O2/c1-2-8-5-17(10-4-3-9(6-18)19-10)13-11(8)12(14)15-7-16-13/h2,5,7,9-10,18H,1,3-4,6H2,(H2,14,15,16). The first kappa shape index (κ1) is 12.1. The number of aliphatic hydroxyl groups excluding tert-OH is 1. The Bertz CT molecular complexity index is 622. The molecule has 0 spiro atoms. The van der Waals surface area contributed by atoms with Crippen molar-refractivity contribution in [3.63, 3.8) is 0 Å². The predicted molar refractivity (Wildman–Crippen MR) is 72.3 cm³/mol. The fourth-order valence-corrected chi connectivity index (χ4v) is 2.54. The van der Waals surface area contributed by atoms with Crippen LogP contribution < -0.4 is 5.73 Å². The summed E-state index contributed by atoms with van der Waals surface area (Å²) in [5.41, 5.74) is 7.54. The summed E-state index contributed by atoms with van der Waals surface area (Å²) in [6.45, 7) is 3.83. The van der Waals surface area contributed by atoms with Crippen molar-refractivity contribution < 1.29 is 9.84 Å². The Balaban J connectivity index is 2.10. The Hall–Kier alpha value is -1.92. The van der Waals surface area contributed by atoms with Crippen molar-refractivity contribution in [3.8, 4) is 0 Å². The smallest absolute Gasteiger partial charge is 0.148 e. The van der Waals surface area contributed by atoms with Crippen LogP contribution in [0.4, 0.5) is 5.82 Å². The van der Waals surface area contributed by atoms with Crippen LogP contribution in [0.1, 0.15) is 24.6 Å². The number of nitrogen functional groups attached to an aromatic ring is 1. The number of hydrogen-bond acceptors (Lipinski definition) is 5. The molecular weight excluding hydrogens is 244 g/mol. The zero-order chi connectivity index (χ0) is 13.4. The van der Waals surface area contributed by atoms with Crippen LogP contribution in [0.5, 0.6) is 0 Å². The maximum Gasteiger partial charge on any atom is 0.148 e. The minimum atomic E-state index is -0.123. The van der Waals surface area contributed by atoms with Crippen LogP contribution >= 0.6 is 0 Å². The van der Waals surface area contributed by atoms with Crippen LogP contribution in [0.3, 0.4) is 0 Å². The molecule has 3 rings (SSSR count). The lowest BCUT2D eigenvalue weighted by atomic mass is 10.2. The number of nitrogens with zero attached hydrogens (tertiary/aromatic N) is 3. The topological polar surface area (TPSA) is 86.2 Å². The molecule has 6 nitrogen and oxygen atoms in total. The molecule has 0 amide bonds. The molecular formula is C13H16N4O2. The van der Waals surface area contributed by atoms with E-state index in [2.05, 4.69) is 16.5 Å². The lowest BCUT2D eigenvalue weighted by molar-refractivity contribution is -0.0204. The Morgan fingerprint density at radius 2 is 2.37 bits per heavy atom. The molecule has 3 heterocycles. The van der Waals surface area contributed by atoms with E-state index in [1.807, 2.05) is 10.8 Å². The Kier molecular flexibility index (Phi) is 2.96. The van der Waals surface area contributed by atoms with Gasteiger partial charge in [-0.1, -0.05) is 12.7 Å². The second-order valence-corrected chi connectivity index (χ2v) is 4.63. The van der Waals surface area contributed by atoms with Gasteiger partial charge in [0.15, 0.2) is 0 Å². The van der Waals surface area contributed by atoms with Gasteiger partial charge in [-0.25, -0.2) is 9.97 Å². The second-order valence-electron chi connectivity index (χ2n) is 4.63. The van der Waals surface area contributed by atoms with Crippen molar-refractivity contribution in [1.82, 2.24) is 14.5 Å². The van der Waals surface area contributed by atoms with E-state index in [0.29, 0.717) is 5.82 Å². The van der Waals surface area contributed by atoms with Crippen LogP contribution in [0.25, 0.3) is 17.1 Å². The molecule has 0 saturated carbocycles. The molecule has 0 aliphatic carbocycles. The van der Waals surface area contributed by atoms with Gasteiger partial charge in [0.25, 0.3) is 0 Å². The molecule has 6 heteroatoms. The molecule has 0 radical (unpaired) electrons. The molecule has 1 aliphatic heterocycles. The van der Waals surface area contributed by atoms with E-state index in [9.17, 15) is 0 Å². The Morgan fingerprint density at radius 1 is 1.53 bits per heavy atom. The molecule has 3 N–H and O–H groups in total. The van der Waals surface area contributed by atoms with E-state index >= 15 is 0 Å². The molecule has 2 unspecified atom stereocenters. The Labute approximate surface area is 110 Å². The van der Waals surface area contributed by atoms with Crippen molar-refractivity contribution in [1.29, 1.82) is 0 Å².